The molecule has 0 radical (unpaired) electrons. The Morgan fingerprint density at radius 2 is 2.00 bits per heavy atom. The molecule has 0 saturated carbocycles. The van der Waals surface area contributed by atoms with Crippen LogP contribution in [0.15, 0.2) is 41.9 Å². The van der Waals surface area contributed by atoms with Crippen LogP contribution in [-0.2, 0) is 9.53 Å². The van der Waals surface area contributed by atoms with E-state index < -0.39 is 11.8 Å². The van der Waals surface area contributed by atoms with Gasteiger partial charge in [-0.15, -0.1) is 0 Å². The number of carbonyl (C=O) groups excluding carboxylic acids is 1. The van der Waals surface area contributed by atoms with Gasteiger partial charge in [-0.3, -0.25) is 0 Å². The van der Waals surface area contributed by atoms with Crippen molar-refractivity contribution in [3.05, 3.63) is 47.4 Å². The summed E-state index contributed by atoms with van der Waals surface area (Å²) in [6.45, 7) is 5.22. The third kappa shape index (κ3) is 3.87. The maximum Gasteiger partial charge on any atom is 0.368 e. The Balaban J connectivity index is 2.72. The smallest absolute Gasteiger partial charge is 0.368 e. The van der Waals surface area contributed by atoms with E-state index in [0.29, 0.717) is 0 Å². The van der Waals surface area contributed by atoms with Crippen LogP contribution in [0, 0.1) is 0 Å². The van der Waals surface area contributed by atoms with Gasteiger partial charge in [0, 0.05) is 6.04 Å². The normalized spacial score (nSPS) is 13.6. The Morgan fingerprint density at radius 1 is 1.39 bits per heavy atom. The molecule has 0 unspecified atom stereocenters. The zero-order chi connectivity index (χ0) is 13.5. The number of hydrogen-bond donors (Lipinski definition) is 1. The van der Waals surface area contributed by atoms with Crippen LogP contribution in [0.1, 0.15) is 32.4 Å². The van der Waals surface area contributed by atoms with Crippen LogP contribution in [-0.4, -0.2) is 12.6 Å². The van der Waals surface area contributed by atoms with E-state index in [1.165, 1.54) is 6.92 Å². The quantitative estimate of drug-likeness (QED) is 0.645. The number of allylic oxidation sites excluding steroid dienone is 1. The van der Waals surface area contributed by atoms with Gasteiger partial charge < -0.3 is 10.1 Å². The molecule has 0 aliphatic rings. The summed E-state index contributed by atoms with van der Waals surface area (Å²) in [7, 11) is 0. The highest BCUT2D eigenvalue weighted by Crippen LogP contribution is 2.15. The number of benzene rings is 1. The summed E-state index contributed by atoms with van der Waals surface area (Å²) in [4.78, 5) is 11.2. The maximum absolute atomic E-state index is 13.6. The second-order valence-corrected chi connectivity index (χ2v) is 3.94. The second-order valence-electron chi connectivity index (χ2n) is 3.94. The molecule has 0 aromatic heterocycles. The van der Waals surface area contributed by atoms with E-state index in [0.717, 1.165) is 5.56 Å². The molecule has 0 fully saturated rings. The van der Waals surface area contributed by atoms with Gasteiger partial charge in [0.25, 0.3) is 0 Å². The highest BCUT2D eigenvalue weighted by atomic mass is 19.1. The number of rotatable bonds is 5. The van der Waals surface area contributed by atoms with Crippen molar-refractivity contribution in [2.45, 2.75) is 26.8 Å². The lowest BCUT2D eigenvalue weighted by Crippen LogP contribution is -2.20. The molecule has 1 rings (SSSR count). The van der Waals surface area contributed by atoms with Crippen molar-refractivity contribution in [2.24, 2.45) is 0 Å². The summed E-state index contributed by atoms with van der Waals surface area (Å²) in [5.41, 5.74) is 1.21. The molecule has 1 N–H and O–H groups in total. The van der Waals surface area contributed by atoms with Crippen LogP contribution >= 0.6 is 0 Å². The van der Waals surface area contributed by atoms with Gasteiger partial charge in [-0.1, -0.05) is 30.3 Å². The van der Waals surface area contributed by atoms with E-state index in [2.05, 4.69) is 10.1 Å². The van der Waals surface area contributed by atoms with Crippen molar-refractivity contribution in [1.82, 2.24) is 5.32 Å². The fraction of sp³-hybridized carbons (Fsp3) is 0.357. The van der Waals surface area contributed by atoms with Gasteiger partial charge in [-0.2, -0.15) is 4.39 Å². The Morgan fingerprint density at radius 3 is 2.56 bits per heavy atom. The summed E-state index contributed by atoms with van der Waals surface area (Å²) >= 11 is 0. The van der Waals surface area contributed by atoms with E-state index in [9.17, 15) is 9.18 Å². The summed E-state index contributed by atoms with van der Waals surface area (Å²) < 4.78 is 18.2. The average molecular weight is 251 g/mol. The molecule has 1 aromatic rings. The van der Waals surface area contributed by atoms with E-state index in [4.69, 9.17) is 0 Å². The summed E-state index contributed by atoms with van der Waals surface area (Å²) in [6.07, 6.45) is 0. The molecule has 0 saturated heterocycles. The molecule has 1 atom stereocenters. The minimum Gasteiger partial charge on any atom is -0.461 e. The van der Waals surface area contributed by atoms with Crippen LogP contribution in [0.4, 0.5) is 4.39 Å². The largest absolute Gasteiger partial charge is 0.461 e. The molecule has 0 spiro atoms. The molecule has 0 heterocycles. The minimum absolute atomic E-state index is 0.0774. The molecule has 4 heteroatoms. The third-order valence-electron chi connectivity index (χ3n) is 2.52. The zero-order valence-corrected chi connectivity index (χ0v) is 10.9. The molecule has 3 nitrogen and oxygen atoms in total. The predicted molar refractivity (Wildman–Crippen MR) is 68.4 cm³/mol. The fourth-order valence-electron chi connectivity index (χ4n) is 1.56. The second kappa shape index (κ2) is 6.79. The standard InChI is InChI=1S/C14H18FNO2/c1-4-18-14(17)13(15)11(3)16-10(2)12-8-6-5-7-9-12/h5-10,16H,4H2,1-3H3/b13-11-/t10-/m0/s1. The van der Waals surface area contributed by atoms with E-state index >= 15 is 0 Å². The van der Waals surface area contributed by atoms with Gasteiger partial charge in [0.2, 0.25) is 5.83 Å². The first-order valence-corrected chi connectivity index (χ1v) is 5.91. The average Bonchev–Trinajstić information content (AvgIpc) is 2.39. The SMILES string of the molecule is CCOC(=O)/C(F)=C(\C)N[C@@H](C)c1ccccc1. The molecule has 0 aliphatic heterocycles. The van der Waals surface area contributed by atoms with E-state index in [1.807, 2.05) is 37.3 Å². The van der Waals surface area contributed by atoms with Gasteiger partial charge >= 0.3 is 5.97 Å². The van der Waals surface area contributed by atoms with Crippen LogP contribution in [0.3, 0.4) is 0 Å². The molecule has 98 valence electrons. The number of halogens is 1. The molecule has 18 heavy (non-hydrogen) atoms. The first kappa shape index (κ1) is 14.2. The van der Waals surface area contributed by atoms with E-state index in [-0.39, 0.29) is 18.3 Å². The number of esters is 1. The van der Waals surface area contributed by atoms with Crippen molar-refractivity contribution >= 4 is 5.97 Å². The molecule has 1 aromatic carbocycles. The molecular formula is C14H18FNO2. The first-order valence-electron chi connectivity index (χ1n) is 5.91. The topological polar surface area (TPSA) is 38.3 Å². The lowest BCUT2D eigenvalue weighted by atomic mass is 10.1. The number of ether oxygens (including phenoxy) is 1. The highest BCUT2D eigenvalue weighted by Gasteiger charge is 2.15. The summed E-state index contributed by atoms with van der Waals surface area (Å²) in [5, 5.41) is 2.94. The number of nitrogens with one attached hydrogen (secondary N) is 1. The molecule has 0 amide bonds. The first-order chi connectivity index (χ1) is 8.56. The number of carbonyl (C=O) groups is 1. The van der Waals surface area contributed by atoms with Crippen molar-refractivity contribution in [2.75, 3.05) is 6.61 Å². The van der Waals surface area contributed by atoms with Gasteiger partial charge in [0.15, 0.2) is 0 Å². The Bertz CT molecular complexity index is 429. The van der Waals surface area contributed by atoms with Crippen molar-refractivity contribution in [3.63, 3.8) is 0 Å². The van der Waals surface area contributed by atoms with E-state index in [1.54, 1.807) is 6.92 Å². The minimum atomic E-state index is -0.928. The van der Waals surface area contributed by atoms with Crippen LogP contribution in [0.5, 0.6) is 0 Å². The third-order valence-corrected chi connectivity index (χ3v) is 2.52. The summed E-state index contributed by atoms with van der Waals surface area (Å²) in [5.74, 6) is -1.80. The molecular weight excluding hydrogens is 233 g/mol. The van der Waals surface area contributed by atoms with Crippen molar-refractivity contribution in [3.8, 4) is 0 Å². The predicted octanol–water partition coefficient (Wildman–Crippen LogP) is 3.10. The maximum atomic E-state index is 13.6. The zero-order valence-electron chi connectivity index (χ0n) is 10.9. The van der Waals surface area contributed by atoms with Gasteiger partial charge in [0.05, 0.1) is 12.3 Å². The molecule has 0 aliphatic carbocycles. The number of hydrogen-bond acceptors (Lipinski definition) is 3. The van der Waals surface area contributed by atoms with Crippen LogP contribution in [0.25, 0.3) is 0 Å². The van der Waals surface area contributed by atoms with Crippen LogP contribution < -0.4 is 5.32 Å². The Kier molecular flexibility index (Phi) is 5.36. The van der Waals surface area contributed by atoms with Gasteiger partial charge in [0.1, 0.15) is 0 Å². The monoisotopic (exact) mass is 251 g/mol. The fourth-order valence-corrected chi connectivity index (χ4v) is 1.56. The van der Waals surface area contributed by atoms with Gasteiger partial charge in [-0.25, -0.2) is 4.79 Å². The Hall–Kier alpha value is -1.84. The van der Waals surface area contributed by atoms with Crippen molar-refractivity contribution < 1.29 is 13.9 Å². The lowest BCUT2D eigenvalue weighted by Gasteiger charge is -2.16. The van der Waals surface area contributed by atoms with Crippen molar-refractivity contribution in [1.29, 1.82) is 0 Å². The Labute approximate surface area is 107 Å². The molecule has 0 bridgehead atoms. The van der Waals surface area contributed by atoms with Gasteiger partial charge in [-0.05, 0) is 26.3 Å². The summed E-state index contributed by atoms with van der Waals surface area (Å²) in [6, 6.07) is 9.53. The van der Waals surface area contributed by atoms with Crippen LogP contribution in [0.2, 0.25) is 0 Å². The lowest BCUT2D eigenvalue weighted by molar-refractivity contribution is -0.140. The highest BCUT2D eigenvalue weighted by molar-refractivity contribution is 5.86.